The molecule has 0 bridgehead atoms. The van der Waals surface area contributed by atoms with E-state index in [1.165, 1.54) is 0 Å². The van der Waals surface area contributed by atoms with Gasteiger partial charge in [-0.25, -0.2) is 0 Å². The van der Waals surface area contributed by atoms with Gasteiger partial charge in [0.15, 0.2) is 0 Å². The Balaban J connectivity index is 1.72. The maximum Gasteiger partial charge on any atom is 0.227 e. The Morgan fingerprint density at radius 3 is 2.76 bits per heavy atom. The molecule has 0 unspecified atom stereocenters. The molecule has 1 atom stereocenters. The Kier molecular flexibility index (Phi) is 4.85. The summed E-state index contributed by atoms with van der Waals surface area (Å²) in [6.45, 7) is 8.92. The summed E-state index contributed by atoms with van der Waals surface area (Å²) >= 11 is 0. The van der Waals surface area contributed by atoms with E-state index in [0.717, 1.165) is 44.5 Å². The van der Waals surface area contributed by atoms with Crippen molar-refractivity contribution in [3.05, 3.63) is 30.1 Å². The molecule has 0 N–H and O–H groups in total. The van der Waals surface area contributed by atoms with Crippen molar-refractivity contribution in [3.8, 4) is 0 Å². The Morgan fingerprint density at radius 1 is 1.28 bits per heavy atom. The number of hydrogen-bond donors (Lipinski definition) is 0. The van der Waals surface area contributed by atoms with Gasteiger partial charge in [0.25, 0.3) is 0 Å². The molecule has 2 aliphatic rings. The van der Waals surface area contributed by atoms with Crippen LogP contribution in [0.1, 0.15) is 52.0 Å². The summed E-state index contributed by atoms with van der Waals surface area (Å²) in [5.41, 5.74) is 0.763. The lowest BCUT2D eigenvalue weighted by molar-refractivity contribution is -0.148. The number of nitrogens with zero attached hydrogens (tertiary/aromatic N) is 3. The highest BCUT2D eigenvalue weighted by Crippen LogP contribution is 2.40. The second-order valence-electron chi connectivity index (χ2n) is 8.69. The predicted octanol–water partition coefficient (Wildman–Crippen LogP) is 2.86. The van der Waals surface area contributed by atoms with Gasteiger partial charge in [-0.15, -0.1) is 0 Å². The van der Waals surface area contributed by atoms with E-state index in [1.807, 2.05) is 48.9 Å². The van der Waals surface area contributed by atoms with E-state index in [1.54, 1.807) is 6.20 Å². The molecule has 136 valence electrons. The number of rotatable bonds is 2. The molecule has 1 aromatic heterocycles. The van der Waals surface area contributed by atoms with Crippen LogP contribution in [0.4, 0.5) is 0 Å². The predicted molar refractivity (Wildman–Crippen MR) is 96.6 cm³/mol. The topological polar surface area (TPSA) is 53.5 Å². The molecule has 2 fully saturated rings. The van der Waals surface area contributed by atoms with E-state index in [4.69, 9.17) is 0 Å². The van der Waals surface area contributed by atoms with Gasteiger partial charge >= 0.3 is 0 Å². The highest BCUT2D eigenvalue weighted by atomic mass is 16.2. The van der Waals surface area contributed by atoms with Crippen molar-refractivity contribution in [2.24, 2.45) is 10.8 Å². The monoisotopic (exact) mass is 343 g/mol. The van der Waals surface area contributed by atoms with E-state index in [-0.39, 0.29) is 22.6 Å². The van der Waals surface area contributed by atoms with Crippen molar-refractivity contribution in [2.75, 3.05) is 19.6 Å². The first kappa shape index (κ1) is 17.9. The lowest BCUT2D eigenvalue weighted by atomic mass is 9.73. The van der Waals surface area contributed by atoms with Crippen molar-refractivity contribution in [3.63, 3.8) is 0 Å². The van der Waals surface area contributed by atoms with Gasteiger partial charge in [0.1, 0.15) is 0 Å². The molecule has 2 saturated heterocycles. The molecule has 5 heteroatoms. The van der Waals surface area contributed by atoms with Gasteiger partial charge < -0.3 is 9.80 Å². The molecule has 25 heavy (non-hydrogen) atoms. The second kappa shape index (κ2) is 6.77. The van der Waals surface area contributed by atoms with Crippen molar-refractivity contribution >= 4 is 11.8 Å². The quantitative estimate of drug-likeness (QED) is 0.830. The highest BCUT2D eigenvalue weighted by molar-refractivity contribution is 5.82. The fourth-order valence-electron chi connectivity index (χ4n) is 4.15. The van der Waals surface area contributed by atoms with Crippen molar-refractivity contribution in [1.82, 2.24) is 14.8 Å². The summed E-state index contributed by atoms with van der Waals surface area (Å²) in [6, 6.07) is 3.92. The minimum atomic E-state index is -0.349. The molecular weight excluding hydrogens is 314 g/mol. The van der Waals surface area contributed by atoms with Crippen LogP contribution in [0.15, 0.2) is 24.5 Å². The van der Waals surface area contributed by atoms with E-state index in [0.29, 0.717) is 13.0 Å². The van der Waals surface area contributed by atoms with Crippen LogP contribution in [-0.4, -0.2) is 46.2 Å². The van der Waals surface area contributed by atoms with Gasteiger partial charge in [-0.05, 0) is 30.9 Å². The SMILES string of the molecule is CC(C)(C)C(=O)N1CCC[C@@]2(CCC(=O)N(Cc3cccnc3)C2)C1. The van der Waals surface area contributed by atoms with E-state index < -0.39 is 0 Å². The van der Waals surface area contributed by atoms with Gasteiger partial charge in [-0.1, -0.05) is 26.8 Å². The van der Waals surface area contributed by atoms with Crippen molar-refractivity contribution in [2.45, 2.75) is 53.0 Å². The Bertz CT molecular complexity index is 638. The van der Waals surface area contributed by atoms with Crippen LogP contribution in [0.5, 0.6) is 0 Å². The summed E-state index contributed by atoms with van der Waals surface area (Å²) in [5, 5.41) is 0. The third-order valence-electron chi connectivity index (χ3n) is 5.43. The zero-order valence-electron chi connectivity index (χ0n) is 15.6. The fourth-order valence-corrected chi connectivity index (χ4v) is 4.15. The molecule has 0 aromatic carbocycles. The van der Waals surface area contributed by atoms with Crippen LogP contribution >= 0.6 is 0 Å². The van der Waals surface area contributed by atoms with Crippen LogP contribution < -0.4 is 0 Å². The van der Waals surface area contributed by atoms with Gasteiger partial charge in [-0.2, -0.15) is 0 Å². The Labute approximate surface area is 150 Å². The Hall–Kier alpha value is -1.91. The molecule has 0 radical (unpaired) electrons. The number of pyridine rings is 1. The first-order valence-corrected chi connectivity index (χ1v) is 9.25. The number of amides is 2. The molecule has 5 nitrogen and oxygen atoms in total. The number of aromatic nitrogens is 1. The summed E-state index contributed by atoms with van der Waals surface area (Å²) in [5.74, 6) is 0.441. The molecule has 3 heterocycles. The van der Waals surface area contributed by atoms with Gasteiger partial charge in [0, 0.05) is 55.8 Å². The third kappa shape index (κ3) is 4.02. The number of carbonyl (C=O) groups is 2. The molecule has 2 amide bonds. The zero-order valence-corrected chi connectivity index (χ0v) is 15.6. The number of carbonyl (C=O) groups excluding carboxylic acids is 2. The first-order valence-electron chi connectivity index (χ1n) is 9.25. The van der Waals surface area contributed by atoms with Crippen LogP contribution in [0.2, 0.25) is 0 Å². The first-order chi connectivity index (χ1) is 11.8. The standard InChI is InChI=1S/C20H29N3O2/c1-19(2,3)18(25)22-11-5-8-20(14-22)9-7-17(24)23(15-20)13-16-6-4-10-21-12-16/h4,6,10,12H,5,7-9,11,13-15H2,1-3H3/t20-/m1/s1. The van der Waals surface area contributed by atoms with E-state index in [9.17, 15) is 9.59 Å². The van der Waals surface area contributed by atoms with Crippen LogP contribution in [-0.2, 0) is 16.1 Å². The molecule has 3 rings (SSSR count). The lowest BCUT2D eigenvalue weighted by Crippen LogP contribution is -2.56. The number of likely N-dealkylation sites (tertiary alicyclic amines) is 2. The van der Waals surface area contributed by atoms with Crippen LogP contribution in [0, 0.1) is 10.8 Å². The van der Waals surface area contributed by atoms with Crippen molar-refractivity contribution in [1.29, 1.82) is 0 Å². The van der Waals surface area contributed by atoms with E-state index in [2.05, 4.69) is 4.98 Å². The van der Waals surface area contributed by atoms with E-state index >= 15 is 0 Å². The van der Waals surface area contributed by atoms with Crippen molar-refractivity contribution < 1.29 is 9.59 Å². The fraction of sp³-hybridized carbons (Fsp3) is 0.650. The minimum absolute atomic E-state index is 0.0509. The average molecular weight is 343 g/mol. The summed E-state index contributed by atoms with van der Waals surface area (Å²) in [6.07, 6.45) is 7.17. The summed E-state index contributed by atoms with van der Waals surface area (Å²) in [7, 11) is 0. The van der Waals surface area contributed by atoms with Gasteiger partial charge in [-0.3, -0.25) is 14.6 Å². The van der Waals surface area contributed by atoms with Crippen LogP contribution in [0.3, 0.4) is 0 Å². The minimum Gasteiger partial charge on any atom is -0.342 e. The van der Waals surface area contributed by atoms with Gasteiger partial charge in [0.2, 0.25) is 11.8 Å². The molecule has 1 spiro atoms. The normalized spacial score (nSPS) is 24.7. The van der Waals surface area contributed by atoms with Crippen LogP contribution in [0.25, 0.3) is 0 Å². The summed E-state index contributed by atoms with van der Waals surface area (Å²) in [4.78, 5) is 33.3. The van der Waals surface area contributed by atoms with Gasteiger partial charge in [0.05, 0.1) is 0 Å². The average Bonchev–Trinajstić information content (AvgIpc) is 2.58. The lowest BCUT2D eigenvalue weighted by Gasteiger charge is -2.49. The molecule has 0 aliphatic carbocycles. The number of hydrogen-bond acceptors (Lipinski definition) is 3. The smallest absolute Gasteiger partial charge is 0.227 e. The zero-order chi connectivity index (χ0) is 18.1. The largest absolute Gasteiger partial charge is 0.342 e. The maximum absolute atomic E-state index is 12.7. The number of piperidine rings is 2. The molecule has 2 aliphatic heterocycles. The molecule has 0 saturated carbocycles. The third-order valence-corrected chi connectivity index (χ3v) is 5.43. The molecule has 1 aromatic rings. The molecular formula is C20H29N3O2. The highest BCUT2D eigenvalue weighted by Gasteiger charge is 2.43. The second-order valence-corrected chi connectivity index (χ2v) is 8.69. The summed E-state index contributed by atoms with van der Waals surface area (Å²) < 4.78 is 0. The maximum atomic E-state index is 12.7. The Morgan fingerprint density at radius 2 is 2.08 bits per heavy atom.